The van der Waals surface area contributed by atoms with Crippen LogP contribution in [0.4, 0.5) is 11.4 Å². The fourth-order valence-corrected chi connectivity index (χ4v) is 2.99. The summed E-state index contributed by atoms with van der Waals surface area (Å²) in [4.78, 5) is 23.2. The van der Waals surface area contributed by atoms with Crippen molar-refractivity contribution in [3.05, 3.63) is 92.5 Å². The quantitative estimate of drug-likeness (QED) is 0.403. The van der Waals surface area contributed by atoms with E-state index >= 15 is 0 Å². The molecule has 0 aliphatic rings. The number of rotatable bonds is 7. The molecule has 3 aromatic carbocycles. The first-order valence-corrected chi connectivity index (χ1v) is 9.37. The number of benzene rings is 3. The van der Waals surface area contributed by atoms with Crippen molar-refractivity contribution in [3.63, 3.8) is 0 Å². The van der Waals surface area contributed by atoms with Gasteiger partial charge >= 0.3 is 0 Å². The predicted octanol–water partition coefficient (Wildman–Crippen LogP) is 5.40. The lowest BCUT2D eigenvalue weighted by atomic mass is 10.1. The third kappa shape index (κ3) is 4.87. The SMILES string of the molecule is COc1ccc(C(=O)Nc2cc([N+](=O)[O-])ccc2C)cc1COc1ccccc1Cl. The summed E-state index contributed by atoms with van der Waals surface area (Å²) in [7, 11) is 1.53. The lowest BCUT2D eigenvalue weighted by molar-refractivity contribution is -0.384. The fraction of sp³-hybridized carbons (Fsp3) is 0.136. The van der Waals surface area contributed by atoms with Gasteiger partial charge in [-0.15, -0.1) is 0 Å². The third-order valence-electron chi connectivity index (χ3n) is 4.44. The van der Waals surface area contributed by atoms with Crippen molar-refractivity contribution in [1.29, 1.82) is 0 Å². The molecule has 8 heteroatoms. The van der Waals surface area contributed by atoms with Crippen molar-refractivity contribution in [2.45, 2.75) is 13.5 Å². The van der Waals surface area contributed by atoms with E-state index in [9.17, 15) is 14.9 Å². The molecule has 0 atom stereocenters. The number of nitrogens with one attached hydrogen (secondary N) is 1. The van der Waals surface area contributed by atoms with E-state index in [1.165, 1.54) is 19.2 Å². The number of para-hydroxylation sites is 1. The van der Waals surface area contributed by atoms with E-state index in [4.69, 9.17) is 21.1 Å². The summed E-state index contributed by atoms with van der Waals surface area (Å²) in [6.45, 7) is 1.90. The summed E-state index contributed by atoms with van der Waals surface area (Å²) in [5.74, 6) is 0.675. The van der Waals surface area contributed by atoms with Crippen LogP contribution in [0.5, 0.6) is 11.5 Å². The maximum absolute atomic E-state index is 12.7. The number of carbonyl (C=O) groups is 1. The lowest BCUT2D eigenvalue weighted by Crippen LogP contribution is -2.14. The Labute approximate surface area is 178 Å². The number of nitro groups is 1. The summed E-state index contributed by atoms with van der Waals surface area (Å²) in [6.07, 6.45) is 0. The first-order chi connectivity index (χ1) is 14.4. The fourth-order valence-electron chi connectivity index (χ4n) is 2.80. The molecule has 30 heavy (non-hydrogen) atoms. The van der Waals surface area contributed by atoms with Gasteiger partial charge < -0.3 is 14.8 Å². The molecule has 0 spiro atoms. The zero-order chi connectivity index (χ0) is 21.7. The standard InChI is InChI=1S/C22H19ClN2O5/c1-14-7-9-17(25(27)28)12-19(14)24-22(26)15-8-10-20(29-2)16(11-15)13-30-21-6-4-3-5-18(21)23/h3-12H,13H2,1-2H3,(H,24,26). The summed E-state index contributed by atoms with van der Waals surface area (Å²) in [5.41, 5.74) is 2.00. The molecule has 154 valence electrons. The molecule has 3 rings (SSSR count). The molecule has 0 heterocycles. The molecule has 0 saturated carbocycles. The highest BCUT2D eigenvalue weighted by atomic mass is 35.5. The number of halogens is 1. The van der Waals surface area contributed by atoms with E-state index in [0.717, 1.165) is 0 Å². The molecule has 0 unspecified atom stereocenters. The zero-order valence-corrected chi connectivity index (χ0v) is 17.1. The van der Waals surface area contributed by atoms with Gasteiger partial charge in [0.1, 0.15) is 18.1 Å². The van der Waals surface area contributed by atoms with E-state index in [1.54, 1.807) is 49.4 Å². The second kappa shape index (κ2) is 9.28. The minimum absolute atomic E-state index is 0.0977. The molecule has 0 saturated heterocycles. The average Bonchev–Trinajstić information content (AvgIpc) is 2.74. The lowest BCUT2D eigenvalue weighted by Gasteiger charge is -2.13. The van der Waals surface area contributed by atoms with Crippen molar-refractivity contribution in [2.24, 2.45) is 0 Å². The number of ether oxygens (including phenoxy) is 2. The Balaban J connectivity index is 1.82. The van der Waals surface area contributed by atoms with Crippen molar-refractivity contribution in [3.8, 4) is 11.5 Å². The number of hydrogen-bond acceptors (Lipinski definition) is 5. The van der Waals surface area contributed by atoms with Crippen LogP contribution in [0, 0.1) is 17.0 Å². The summed E-state index contributed by atoms with van der Waals surface area (Å²) in [6, 6.07) is 16.3. The van der Waals surface area contributed by atoms with E-state index in [1.807, 2.05) is 6.07 Å². The first-order valence-electron chi connectivity index (χ1n) is 8.99. The number of nitrogens with zero attached hydrogens (tertiary/aromatic N) is 1. The number of methoxy groups -OCH3 is 1. The minimum Gasteiger partial charge on any atom is -0.496 e. The minimum atomic E-state index is -0.507. The van der Waals surface area contributed by atoms with Gasteiger partial charge in [-0.05, 0) is 42.8 Å². The molecule has 3 aromatic rings. The first kappa shape index (κ1) is 21.1. The smallest absolute Gasteiger partial charge is 0.271 e. The van der Waals surface area contributed by atoms with Crippen LogP contribution in [0.1, 0.15) is 21.5 Å². The van der Waals surface area contributed by atoms with E-state index in [2.05, 4.69) is 5.32 Å². The molecule has 1 amide bonds. The van der Waals surface area contributed by atoms with Gasteiger partial charge in [-0.3, -0.25) is 14.9 Å². The van der Waals surface area contributed by atoms with E-state index in [-0.39, 0.29) is 12.3 Å². The normalized spacial score (nSPS) is 10.4. The Kier molecular flexibility index (Phi) is 6.54. The highest BCUT2D eigenvalue weighted by molar-refractivity contribution is 6.32. The molecular weight excluding hydrogens is 408 g/mol. The number of amides is 1. The van der Waals surface area contributed by atoms with Crippen molar-refractivity contribution >= 4 is 28.9 Å². The summed E-state index contributed by atoms with van der Waals surface area (Å²) in [5, 5.41) is 14.2. The van der Waals surface area contributed by atoms with Crippen molar-refractivity contribution in [1.82, 2.24) is 0 Å². The second-order valence-corrected chi connectivity index (χ2v) is 6.86. The Morgan fingerprint density at radius 1 is 1.10 bits per heavy atom. The van der Waals surface area contributed by atoms with Crippen LogP contribution in [0.15, 0.2) is 60.7 Å². The number of carbonyl (C=O) groups excluding carboxylic acids is 1. The number of nitro benzene ring substituents is 1. The van der Waals surface area contributed by atoms with Gasteiger partial charge in [-0.1, -0.05) is 29.8 Å². The van der Waals surface area contributed by atoms with Crippen LogP contribution in [0.2, 0.25) is 5.02 Å². The highest BCUT2D eigenvalue weighted by Gasteiger charge is 2.15. The largest absolute Gasteiger partial charge is 0.496 e. The van der Waals surface area contributed by atoms with Crippen LogP contribution in [-0.2, 0) is 6.61 Å². The molecule has 0 aliphatic carbocycles. The van der Waals surface area contributed by atoms with Crippen LogP contribution in [0.25, 0.3) is 0 Å². The second-order valence-electron chi connectivity index (χ2n) is 6.46. The van der Waals surface area contributed by atoms with Crippen LogP contribution >= 0.6 is 11.6 Å². The Morgan fingerprint density at radius 2 is 1.87 bits per heavy atom. The Bertz CT molecular complexity index is 1100. The van der Waals surface area contributed by atoms with E-state index in [0.29, 0.717) is 38.9 Å². The van der Waals surface area contributed by atoms with Gasteiger partial charge in [-0.2, -0.15) is 0 Å². The van der Waals surface area contributed by atoms with Gasteiger partial charge in [-0.25, -0.2) is 0 Å². The van der Waals surface area contributed by atoms with Gasteiger partial charge in [0.15, 0.2) is 0 Å². The summed E-state index contributed by atoms with van der Waals surface area (Å²) < 4.78 is 11.1. The Hall–Kier alpha value is -3.58. The average molecular weight is 427 g/mol. The molecule has 1 N–H and O–H groups in total. The molecule has 0 aliphatic heterocycles. The van der Waals surface area contributed by atoms with Crippen LogP contribution in [0.3, 0.4) is 0 Å². The maximum atomic E-state index is 12.7. The molecule has 0 radical (unpaired) electrons. The summed E-state index contributed by atoms with van der Waals surface area (Å²) >= 11 is 6.12. The molecule has 0 bridgehead atoms. The molecule has 0 aromatic heterocycles. The molecular formula is C22H19ClN2O5. The third-order valence-corrected chi connectivity index (χ3v) is 4.75. The molecule has 0 fully saturated rings. The highest BCUT2D eigenvalue weighted by Crippen LogP contribution is 2.27. The zero-order valence-electron chi connectivity index (χ0n) is 16.3. The Morgan fingerprint density at radius 3 is 2.57 bits per heavy atom. The van der Waals surface area contributed by atoms with Gasteiger partial charge in [0.05, 0.1) is 22.7 Å². The number of aryl methyl sites for hydroxylation is 1. The predicted molar refractivity (Wildman–Crippen MR) is 115 cm³/mol. The number of non-ortho nitro benzene ring substituents is 1. The van der Waals surface area contributed by atoms with Gasteiger partial charge in [0, 0.05) is 23.3 Å². The van der Waals surface area contributed by atoms with Crippen LogP contribution < -0.4 is 14.8 Å². The van der Waals surface area contributed by atoms with Gasteiger partial charge in [0.25, 0.3) is 11.6 Å². The topological polar surface area (TPSA) is 90.7 Å². The molecule has 7 nitrogen and oxygen atoms in total. The van der Waals surface area contributed by atoms with Crippen LogP contribution in [-0.4, -0.2) is 17.9 Å². The monoisotopic (exact) mass is 426 g/mol. The number of anilines is 1. The van der Waals surface area contributed by atoms with Gasteiger partial charge in [0.2, 0.25) is 0 Å². The maximum Gasteiger partial charge on any atom is 0.271 e. The number of hydrogen-bond donors (Lipinski definition) is 1. The van der Waals surface area contributed by atoms with Crippen molar-refractivity contribution < 1.29 is 19.2 Å². The van der Waals surface area contributed by atoms with Crippen molar-refractivity contribution in [2.75, 3.05) is 12.4 Å². The van der Waals surface area contributed by atoms with E-state index < -0.39 is 10.8 Å².